The number of nitrogens with zero attached hydrogens (tertiary/aromatic N) is 1. The summed E-state index contributed by atoms with van der Waals surface area (Å²) in [6.07, 6.45) is 3.98. The molecule has 21 heavy (non-hydrogen) atoms. The van der Waals surface area contributed by atoms with Crippen LogP contribution in [-0.4, -0.2) is 25.0 Å². The number of hydrogen-bond acceptors (Lipinski definition) is 3. The van der Waals surface area contributed by atoms with Crippen molar-refractivity contribution in [3.8, 4) is 0 Å². The highest BCUT2D eigenvalue weighted by Crippen LogP contribution is 2.28. The summed E-state index contributed by atoms with van der Waals surface area (Å²) in [5.41, 5.74) is 2.34. The Morgan fingerprint density at radius 1 is 1.24 bits per heavy atom. The Balaban J connectivity index is 1.83. The third kappa shape index (κ3) is 3.30. The van der Waals surface area contributed by atoms with Gasteiger partial charge in [-0.05, 0) is 51.4 Å². The molecule has 0 amide bonds. The third-order valence-corrected chi connectivity index (χ3v) is 4.61. The van der Waals surface area contributed by atoms with Crippen LogP contribution in [0.2, 0.25) is 0 Å². The lowest BCUT2D eigenvalue weighted by atomic mass is 10.0. The largest absolute Gasteiger partial charge is 0.459 e. The molecule has 0 saturated carbocycles. The first kappa shape index (κ1) is 14.6. The Hall–Kier alpha value is -1.32. The van der Waals surface area contributed by atoms with Gasteiger partial charge in [0.25, 0.3) is 0 Å². The number of hydrogen-bond donors (Lipinski definition) is 1. The summed E-state index contributed by atoms with van der Waals surface area (Å²) in [5, 5.41) is 4.54. The molecular formula is C18H26N2O. The lowest BCUT2D eigenvalue weighted by Gasteiger charge is -2.19. The molecule has 1 aliphatic rings. The number of furan rings is 1. The molecule has 0 aliphatic carbocycles. The highest BCUT2D eigenvalue weighted by Gasteiger charge is 2.19. The van der Waals surface area contributed by atoms with E-state index in [1.807, 2.05) is 13.1 Å². The molecule has 1 saturated heterocycles. The molecule has 2 heterocycles. The average Bonchev–Trinajstić information content (AvgIpc) is 2.69. The van der Waals surface area contributed by atoms with E-state index in [9.17, 15) is 0 Å². The van der Waals surface area contributed by atoms with Gasteiger partial charge < -0.3 is 9.73 Å². The van der Waals surface area contributed by atoms with Gasteiger partial charge in [-0.2, -0.15) is 0 Å². The summed E-state index contributed by atoms with van der Waals surface area (Å²) in [4.78, 5) is 2.56. The molecule has 1 aliphatic heterocycles. The van der Waals surface area contributed by atoms with E-state index < -0.39 is 0 Å². The fourth-order valence-electron chi connectivity index (χ4n) is 3.33. The molecule has 1 aromatic carbocycles. The second kappa shape index (κ2) is 6.63. The monoisotopic (exact) mass is 286 g/mol. The number of rotatable bonds is 4. The SMILES string of the molecule is CNCc1c(CN2CCCC(C)CC2)oc2ccccc12. The summed E-state index contributed by atoms with van der Waals surface area (Å²) in [6, 6.07) is 8.38. The molecule has 3 heteroatoms. The van der Waals surface area contributed by atoms with E-state index in [1.54, 1.807) is 0 Å². The standard InChI is InChI=1S/C18H26N2O/c1-14-6-5-10-20(11-9-14)13-18-16(12-19-2)15-7-3-4-8-17(15)21-18/h3-4,7-8,14,19H,5-6,9-13H2,1-2H3. The summed E-state index contributed by atoms with van der Waals surface area (Å²) in [7, 11) is 2.00. The van der Waals surface area contributed by atoms with E-state index in [2.05, 4.69) is 35.3 Å². The zero-order valence-corrected chi connectivity index (χ0v) is 13.2. The Kier molecular flexibility index (Phi) is 4.61. The Morgan fingerprint density at radius 2 is 2.10 bits per heavy atom. The number of benzene rings is 1. The van der Waals surface area contributed by atoms with E-state index in [0.29, 0.717) is 0 Å². The van der Waals surface area contributed by atoms with Crippen molar-refractivity contribution in [1.29, 1.82) is 0 Å². The number of para-hydroxylation sites is 1. The maximum atomic E-state index is 6.14. The van der Waals surface area contributed by atoms with Gasteiger partial charge in [0.2, 0.25) is 0 Å². The molecule has 0 bridgehead atoms. The summed E-state index contributed by atoms with van der Waals surface area (Å²) in [6.45, 7) is 6.57. The van der Waals surface area contributed by atoms with E-state index >= 15 is 0 Å². The van der Waals surface area contributed by atoms with E-state index in [4.69, 9.17) is 4.42 Å². The van der Waals surface area contributed by atoms with Crippen LogP contribution < -0.4 is 5.32 Å². The maximum absolute atomic E-state index is 6.14. The molecule has 114 valence electrons. The van der Waals surface area contributed by atoms with Gasteiger partial charge in [-0.15, -0.1) is 0 Å². The highest BCUT2D eigenvalue weighted by molar-refractivity contribution is 5.82. The van der Waals surface area contributed by atoms with Crippen molar-refractivity contribution < 1.29 is 4.42 Å². The second-order valence-corrected chi connectivity index (χ2v) is 6.34. The third-order valence-electron chi connectivity index (χ3n) is 4.61. The predicted molar refractivity (Wildman–Crippen MR) is 87.3 cm³/mol. The minimum Gasteiger partial charge on any atom is -0.459 e. The van der Waals surface area contributed by atoms with E-state index in [1.165, 1.54) is 43.3 Å². The van der Waals surface area contributed by atoms with Crippen LogP contribution in [-0.2, 0) is 13.1 Å². The fourth-order valence-corrected chi connectivity index (χ4v) is 3.33. The van der Waals surface area contributed by atoms with Gasteiger partial charge in [0, 0.05) is 17.5 Å². The molecule has 0 radical (unpaired) electrons. The molecule has 1 unspecified atom stereocenters. The predicted octanol–water partition coefficient (Wildman–Crippen LogP) is 3.77. The number of nitrogens with one attached hydrogen (secondary N) is 1. The quantitative estimate of drug-likeness (QED) is 0.927. The second-order valence-electron chi connectivity index (χ2n) is 6.34. The van der Waals surface area contributed by atoms with Crippen molar-refractivity contribution in [3.05, 3.63) is 35.6 Å². The summed E-state index contributed by atoms with van der Waals surface area (Å²) in [5.74, 6) is 2.00. The fraction of sp³-hybridized carbons (Fsp3) is 0.556. The van der Waals surface area contributed by atoms with Crippen LogP contribution in [0.25, 0.3) is 11.0 Å². The first-order chi connectivity index (χ1) is 10.3. The van der Waals surface area contributed by atoms with Crippen LogP contribution in [0.4, 0.5) is 0 Å². The van der Waals surface area contributed by atoms with Crippen LogP contribution in [0.1, 0.15) is 37.5 Å². The lowest BCUT2D eigenvalue weighted by molar-refractivity contribution is 0.252. The minimum absolute atomic E-state index is 0.863. The zero-order valence-electron chi connectivity index (χ0n) is 13.2. The lowest BCUT2D eigenvalue weighted by Crippen LogP contribution is -2.24. The normalized spacial score (nSPS) is 20.8. The van der Waals surface area contributed by atoms with Crippen LogP contribution in [0, 0.1) is 5.92 Å². The van der Waals surface area contributed by atoms with Crippen molar-refractivity contribution in [3.63, 3.8) is 0 Å². The van der Waals surface area contributed by atoms with Crippen LogP contribution >= 0.6 is 0 Å². The van der Waals surface area contributed by atoms with Crippen LogP contribution in [0.5, 0.6) is 0 Å². The summed E-state index contributed by atoms with van der Waals surface area (Å²) < 4.78 is 6.14. The van der Waals surface area contributed by atoms with Gasteiger partial charge in [0.05, 0.1) is 6.54 Å². The van der Waals surface area contributed by atoms with Crippen molar-refractivity contribution in [2.75, 3.05) is 20.1 Å². The molecule has 0 spiro atoms. The first-order valence-corrected chi connectivity index (χ1v) is 8.14. The molecular weight excluding hydrogens is 260 g/mol. The van der Waals surface area contributed by atoms with Gasteiger partial charge >= 0.3 is 0 Å². The van der Waals surface area contributed by atoms with Crippen molar-refractivity contribution in [1.82, 2.24) is 10.2 Å². The van der Waals surface area contributed by atoms with Gasteiger partial charge in [-0.1, -0.05) is 25.1 Å². The minimum atomic E-state index is 0.863. The Bertz CT molecular complexity index is 590. The van der Waals surface area contributed by atoms with Crippen LogP contribution in [0.15, 0.2) is 28.7 Å². The van der Waals surface area contributed by atoms with E-state index in [-0.39, 0.29) is 0 Å². The summed E-state index contributed by atoms with van der Waals surface area (Å²) >= 11 is 0. The molecule has 3 rings (SSSR count). The van der Waals surface area contributed by atoms with Crippen molar-refractivity contribution in [2.45, 2.75) is 39.3 Å². The van der Waals surface area contributed by atoms with Crippen molar-refractivity contribution >= 4 is 11.0 Å². The van der Waals surface area contributed by atoms with Gasteiger partial charge in [0.15, 0.2) is 0 Å². The van der Waals surface area contributed by atoms with Crippen LogP contribution in [0.3, 0.4) is 0 Å². The maximum Gasteiger partial charge on any atom is 0.134 e. The first-order valence-electron chi connectivity index (χ1n) is 8.14. The number of likely N-dealkylation sites (tertiary alicyclic amines) is 1. The smallest absolute Gasteiger partial charge is 0.134 e. The Labute approximate surface area is 127 Å². The molecule has 3 nitrogen and oxygen atoms in total. The molecule has 1 N–H and O–H groups in total. The highest BCUT2D eigenvalue weighted by atomic mass is 16.3. The molecule has 1 atom stereocenters. The average molecular weight is 286 g/mol. The van der Waals surface area contributed by atoms with Gasteiger partial charge in [0.1, 0.15) is 11.3 Å². The zero-order chi connectivity index (χ0) is 14.7. The molecule has 2 aromatic rings. The van der Waals surface area contributed by atoms with Crippen molar-refractivity contribution in [2.24, 2.45) is 5.92 Å². The van der Waals surface area contributed by atoms with Gasteiger partial charge in [-0.25, -0.2) is 0 Å². The molecule has 1 aromatic heterocycles. The molecule has 1 fully saturated rings. The van der Waals surface area contributed by atoms with E-state index in [0.717, 1.165) is 30.4 Å². The Morgan fingerprint density at radius 3 is 2.95 bits per heavy atom. The number of fused-ring (bicyclic) bond motifs is 1. The van der Waals surface area contributed by atoms with Gasteiger partial charge in [-0.3, -0.25) is 4.90 Å². The topological polar surface area (TPSA) is 28.4 Å².